The minimum atomic E-state index is -0.0629. The number of rotatable bonds is 3. The summed E-state index contributed by atoms with van der Waals surface area (Å²) in [6, 6.07) is -0.0629. The molecule has 0 amide bonds. The van der Waals surface area contributed by atoms with Gasteiger partial charge in [0.15, 0.2) is 0 Å². The van der Waals surface area contributed by atoms with Crippen LogP contribution in [-0.4, -0.2) is 49.4 Å². The fourth-order valence-electron chi connectivity index (χ4n) is 1.57. The lowest BCUT2D eigenvalue weighted by Crippen LogP contribution is -2.53. The zero-order valence-corrected chi connectivity index (χ0v) is 7.55. The molecule has 3 N–H and O–H groups in total. The Bertz CT molecular complexity index is 154. The van der Waals surface area contributed by atoms with E-state index in [1.165, 1.54) is 0 Å². The number of carbonyl (C=O) groups is 1. The number of nitrogens with two attached hydrogens (primary N) is 1. The van der Waals surface area contributed by atoms with E-state index in [2.05, 4.69) is 10.2 Å². The van der Waals surface area contributed by atoms with Crippen LogP contribution >= 0.6 is 0 Å². The monoisotopic (exact) mass is 171 g/mol. The Morgan fingerprint density at radius 1 is 1.58 bits per heavy atom. The quantitative estimate of drug-likeness (QED) is 0.560. The van der Waals surface area contributed by atoms with Gasteiger partial charge in [-0.3, -0.25) is 9.69 Å². The Morgan fingerprint density at radius 3 is 2.58 bits per heavy atom. The zero-order valence-electron chi connectivity index (χ0n) is 7.55. The molecule has 1 aliphatic rings. The van der Waals surface area contributed by atoms with Gasteiger partial charge in [-0.25, -0.2) is 0 Å². The van der Waals surface area contributed by atoms with Crippen LogP contribution in [0, 0.1) is 0 Å². The molecule has 0 aromatic rings. The highest BCUT2D eigenvalue weighted by atomic mass is 16.1. The van der Waals surface area contributed by atoms with Crippen LogP contribution < -0.4 is 11.1 Å². The Balaban J connectivity index is 2.46. The van der Waals surface area contributed by atoms with E-state index in [0.29, 0.717) is 6.54 Å². The van der Waals surface area contributed by atoms with Crippen molar-refractivity contribution in [1.29, 1.82) is 0 Å². The molecule has 0 radical (unpaired) electrons. The van der Waals surface area contributed by atoms with E-state index >= 15 is 0 Å². The molecule has 4 nitrogen and oxygen atoms in total. The van der Waals surface area contributed by atoms with Crippen molar-refractivity contribution in [1.82, 2.24) is 10.2 Å². The van der Waals surface area contributed by atoms with Gasteiger partial charge in [-0.15, -0.1) is 0 Å². The molecular formula is C8H17N3O. The summed E-state index contributed by atoms with van der Waals surface area (Å²) in [5.74, 6) is 0.180. The van der Waals surface area contributed by atoms with Gasteiger partial charge in [0.05, 0.1) is 6.04 Å². The molecule has 12 heavy (non-hydrogen) atoms. The maximum Gasteiger partial charge on any atom is 0.148 e. The fourth-order valence-corrected chi connectivity index (χ4v) is 1.57. The van der Waals surface area contributed by atoms with Crippen LogP contribution in [0.2, 0.25) is 0 Å². The Hall–Kier alpha value is -0.450. The smallest absolute Gasteiger partial charge is 0.148 e. The Kier molecular flexibility index (Phi) is 3.65. The summed E-state index contributed by atoms with van der Waals surface area (Å²) in [6.07, 6.45) is 0. The summed E-state index contributed by atoms with van der Waals surface area (Å²) in [5, 5.41) is 3.24. The molecule has 1 rings (SSSR count). The first-order chi connectivity index (χ1) is 5.75. The number of hydrogen-bond donors (Lipinski definition) is 2. The van der Waals surface area contributed by atoms with Crippen molar-refractivity contribution in [3.63, 3.8) is 0 Å². The van der Waals surface area contributed by atoms with Crippen LogP contribution in [0.3, 0.4) is 0 Å². The van der Waals surface area contributed by atoms with Crippen molar-refractivity contribution >= 4 is 5.78 Å². The van der Waals surface area contributed by atoms with Crippen LogP contribution in [0.4, 0.5) is 0 Å². The molecule has 0 spiro atoms. The molecule has 0 bridgehead atoms. The number of piperazine rings is 1. The third-order valence-electron chi connectivity index (χ3n) is 2.28. The first-order valence-corrected chi connectivity index (χ1v) is 4.41. The van der Waals surface area contributed by atoms with Crippen LogP contribution in [-0.2, 0) is 4.79 Å². The molecule has 0 aromatic carbocycles. The van der Waals surface area contributed by atoms with Crippen molar-refractivity contribution < 1.29 is 4.79 Å². The summed E-state index contributed by atoms with van der Waals surface area (Å²) in [5.41, 5.74) is 5.52. The van der Waals surface area contributed by atoms with E-state index < -0.39 is 0 Å². The molecule has 1 saturated heterocycles. The normalized spacial score (nSPS) is 22.2. The van der Waals surface area contributed by atoms with Crippen molar-refractivity contribution in [3.8, 4) is 0 Å². The molecule has 1 atom stereocenters. The molecule has 1 fully saturated rings. The van der Waals surface area contributed by atoms with Crippen LogP contribution in [0.5, 0.6) is 0 Å². The number of ketones is 1. The predicted molar refractivity (Wildman–Crippen MR) is 48.0 cm³/mol. The first kappa shape index (κ1) is 9.64. The number of carbonyl (C=O) groups excluding carboxylic acids is 1. The van der Waals surface area contributed by atoms with Crippen LogP contribution in [0.1, 0.15) is 6.92 Å². The second-order valence-electron chi connectivity index (χ2n) is 3.15. The maximum atomic E-state index is 11.1. The Labute approximate surface area is 73.1 Å². The second-order valence-corrected chi connectivity index (χ2v) is 3.15. The molecule has 1 unspecified atom stereocenters. The lowest BCUT2D eigenvalue weighted by molar-refractivity contribution is -0.122. The third kappa shape index (κ3) is 2.27. The minimum absolute atomic E-state index is 0.0629. The zero-order chi connectivity index (χ0) is 8.97. The number of nitrogens with one attached hydrogen (secondary N) is 1. The van der Waals surface area contributed by atoms with Gasteiger partial charge in [-0.1, -0.05) is 0 Å². The SMILES string of the molecule is CC(=O)C(CN)N1CCNCC1. The molecule has 0 aromatic heterocycles. The third-order valence-corrected chi connectivity index (χ3v) is 2.28. The van der Waals surface area contributed by atoms with Gasteiger partial charge in [-0.2, -0.15) is 0 Å². The van der Waals surface area contributed by atoms with Crippen molar-refractivity contribution in [2.45, 2.75) is 13.0 Å². The number of Topliss-reactive ketones (excluding diaryl/α,β-unsaturated/α-hetero) is 1. The summed E-state index contributed by atoms with van der Waals surface area (Å²) in [4.78, 5) is 13.3. The topological polar surface area (TPSA) is 58.4 Å². The standard InChI is InChI=1S/C8H17N3O/c1-7(12)8(6-9)11-4-2-10-3-5-11/h8,10H,2-6,9H2,1H3. The minimum Gasteiger partial charge on any atom is -0.328 e. The van der Waals surface area contributed by atoms with Gasteiger partial charge >= 0.3 is 0 Å². The molecular weight excluding hydrogens is 154 g/mol. The van der Waals surface area contributed by atoms with E-state index in [4.69, 9.17) is 5.73 Å². The number of hydrogen-bond acceptors (Lipinski definition) is 4. The predicted octanol–water partition coefficient (Wildman–Crippen LogP) is -1.19. The summed E-state index contributed by atoms with van der Waals surface area (Å²) < 4.78 is 0. The van der Waals surface area contributed by atoms with Crippen LogP contribution in [0.25, 0.3) is 0 Å². The van der Waals surface area contributed by atoms with Gasteiger partial charge in [0.25, 0.3) is 0 Å². The summed E-state index contributed by atoms with van der Waals surface area (Å²) >= 11 is 0. The average molecular weight is 171 g/mol. The average Bonchev–Trinajstić information content (AvgIpc) is 2.07. The molecule has 0 aliphatic carbocycles. The lowest BCUT2D eigenvalue weighted by atomic mass is 10.1. The highest BCUT2D eigenvalue weighted by molar-refractivity contribution is 5.81. The van der Waals surface area contributed by atoms with E-state index in [1.54, 1.807) is 6.92 Å². The molecule has 70 valence electrons. The van der Waals surface area contributed by atoms with Gasteiger partial charge < -0.3 is 11.1 Å². The molecule has 1 heterocycles. The highest BCUT2D eigenvalue weighted by Crippen LogP contribution is 2.00. The van der Waals surface area contributed by atoms with E-state index in [1.807, 2.05) is 0 Å². The van der Waals surface area contributed by atoms with Gasteiger partial charge in [0.2, 0.25) is 0 Å². The van der Waals surface area contributed by atoms with E-state index in [9.17, 15) is 4.79 Å². The van der Waals surface area contributed by atoms with Gasteiger partial charge in [-0.05, 0) is 6.92 Å². The molecule has 4 heteroatoms. The van der Waals surface area contributed by atoms with Gasteiger partial charge in [0.1, 0.15) is 5.78 Å². The lowest BCUT2D eigenvalue weighted by Gasteiger charge is -2.32. The summed E-state index contributed by atoms with van der Waals surface area (Å²) in [6.45, 7) is 5.84. The van der Waals surface area contributed by atoms with Crippen molar-refractivity contribution in [2.75, 3.05) is 32.7 Å². The highest BCUT2D eigenvalue weighted by Gasteiger charge is 2.22. The number of nitrogens with zero attached hydrogens (tertiary/aromatic N) is 1. The molecule has 1 aliphatic heterocycles. The first-order valence-electron chi connectivity index (χ1n) is 4.41. The van der Waals surface area contributed by atoms with E-state index in [-0.39, 0.29) is 11.8 Å². The van der Waals surface area contributed by atoms with Crippen molar-refractivity contribution in [2.24, 2.45) is 5.73 Å². The van der Waals surface area contributed by atoms with E-state index in [0.717, 1.165) is 26.2 Å². The van der Waals surface area contributed by atoms with Crippen LogP contribution in [0.15, 0.2) is 0 Å². The van der Waals surface area contributed by atoms with Gasteiger partial charge in [0, 0.05) is 32.7 Å². The fraction of sp³-hybridized carbons (Fsp3) is 0.875. The Morgan fingerprint density at radius 2 is 2.17 bits per heavy atom. The maximum absolute atomic E-state index is 11.1. The van der Waals surface area contributed by atoms with Crippen molar-refractivity contribution in [3.05, 3.63) is 0 Å². The molecule has 0 saturated carbocycles. The second kappa shape index (κ2) is 4.54. The largest absolute Gasteiger partial charge is 0.328 e. The summed E-state index contributed by atoms with van der Waals surface area (Å²) in [7, 11) is 0.